The number of methoxy groups -OCH3 is 1. The Bertz CT molecular complexity index is 284. The summed E-state index contributed by atoms with van der Waals surface area (Å²) in [6, 6.07) is 1.54. The van der Waals surface area contributed by atoms with Gasteiger partial charge in [0.2, 0.25) is 0 Å². The van der Waals surface area contributed by atoms with Gasteiger partial charge in [-0.25, -0.2) is 0 Å². The first-order valence-electron chi connectivity index (χ1n) is 3.09. The van der Waals surface area contributed by atoms with E-state index in [-0.39, 0.29) is 0 Å². The maximum atomic E-state index is 8.49. The highest BCUT2D eigenvalue weighted by atomic mass is 79.9. The Kier molecular flexibility index (Phi) is 3.09. The van der Waals surface area contributed by atoms with Crippen LogP contribution in [0.4, 0.5) is 0 Å². The van der Waals surface area contributed by atoms with Crippen molar-refractivity contribution in [1.82, 2.24) is 5.16 Å². The van der Waals surface area contributed by atoms with Crippen molar-refractivity contribution < 1.29 is 14.5 Å². The highest BCUT2D eigenvalue weighted by molar-refractivity contribution is 9.09. The molecule has 1 aromatic rings. The first-order chi connectivity index (χ1) is 5.81. The minimum Gasteiger partial charge on any atom is -0.479 e. The molecule has 1 rings (SSSR count). The molecule has 1 heterocycles. The fourth-order valence-electron chi connectivity index (χ4n) is 0.633. The molecule has 1 N–H and O–H groups in total. The van der Waals surface area contributed by atoms with E-state index in [0.717, 1.165) is 0 Å². The summed E-state index contributed by atoms with van der Waals surface area (Å²) < 4.78 is 9.58. The first kappa shape index (κ1) is 9.05. The summed E-state index contributed by atoms with van der Waals surface area (Å²) in [5.41, 5.74) is 0.366. The fraction of sp³-hybridized carbons (Fsp3) is 0.333. The number of rotatable bonds is 3. The molecule has 0 atom stereocenters. The number of oxime groups is 1. The number of alkyl halides is 1. The lowest BCUT2D eigenvalue weighted by Gasteiger charge is -1.90. The summed E-state index contributed by atoms with van der Waals surface area (Å²) in [6.45, 7) is 0. The fourth-order valence-corrected chi connectivity index (χ4v) is 1.02. The van der Waals surface area contributed by atoms with Crippen LogP contribution in [-0.2, 0) is 0 Å². The van der Waals surface area contributed by atoms with E-state index in [4.69, 9.17) is 14.5 Å². The molecule has 66 valence electrons. The van der Waals surface area contributed by atoms with Gasteiger partial charge in [0.25, 0.3) is 5.88 Å². The van der Waals surface area contributed by atoms with Crippen LogP contribution in [0.5, 0.6) is 5.88 Å². The van der Waals surface area contributed by atoms with Gasteiger partial charge in [-0.2, -0.15) is 0 Å². The van der Waals surface area contributed by atoms with E-state index in [1.165, 1.54) is 13.2 Å². The van der Waals surface area contributed by atoms with Crippen molar-refractivity contribution >= 4 is 21.6 Å². The predicted molar refractivity (Wildman–Crippen MR) is 45.2 cm³/mol. The molecule has 0 saturated carbocycles. The van der Waals surface area contributed by atoms with Gasteiger partial charge in [-0.05, 0) is 5.16 Å². The molecular formula is C6H7BrN2O3. The Morgan fingerprint density at radius 1 is 1.92 bits per heavy atom. The Morgan fingerprint density at radius 2 is 2.67 bits per heavy atom. The van der Waals surface area contributed by atoms with Gasteiger partial charge in [0, 0.05) is 0 Å². The second-order valence-electron chi connectivity index (χ2n) is 1.91. The Balaban J connectivity index is 2.87. The van der Waals surface area contributed by atoms with Gasteiger partial charge in [-0.3, -0.25) is 0 Å². The smallest absolute Gasteiger partial charge is 0.254 e. The molecule has 1 aromatic heterocycles. The number of nitrogens with zero attached hydrogens (tertiary/aromatic N) is 2. The van der Waals surface area contributed by atoms with Crippen LogP contribution in [0.3, 0.4) is 0 Å². The predicted octanol–water partition coefficient (Wildman–Crippen LogP) is 1.26. The summed E-state index contributed by atoms with van der Waals surface area (Å²) in [5.74, 6) is 0.735. The second-order valence-corrected chi connectivity index (χ2v) is 2.47. The number of hydrogen-bond donors (Lipinski definition) is 1. The van der Waals surface area contributed by atoms with Gasteiger partial charge in [0.15, 0.2) is 5.76 Å². The summed E-state index contributed by atoms with van der Waals surface area (Å²) in [4.78, 5) is 0. The molecule has 0 amide bonds. The normalized spacial score (nSPS) is 11.7. The second kappa shape index (κ2) is 4.10. The SMILES string of the molecule is COc1cc(C(CBr)=NO)on1. The zero-order valence-corrected chi connectivity index (χ0v) is 7.91. The van der Waals surface area contributed by atoms with E-state index in [9.17, 15) is 0 Å². The average molecular weight is 235 g/mol. The molecule has 0 aliphatic heterocycles. The largest absolute Gasteiger partial charge is 0.479 e. The van der Waals surface area contributed by atoms with E-state index >= 15 is 0 Å². The van der Waals surface area contributed by atoms with Crippen LogP contribution in [0.25, 0.3) is 0 Å². The molecule has 0 aliphatic rings. The molecule has 0 aromatic carbocycles. The minimum atomic E-state index is 0.354. The standard InChI is InChI=1S/C6H7BrN2O3/c1-11-6-2-5(12-9-6)4(3-7)8-10/h2,10H,3H2,1H3. The van der Waals surface area contributed by atoms with Gasteiger partial charge in [-0.1, -0.05) is 21.1 Å². The molecule has 0 fully saturated rings. The van der Waals surface area contributed by atoms with Crippen LogP contribution in [0.15, 0.2) is 15.7 Å². The van der Waals surface area contributed by atoms with Gasteiger partial charge in [-0.15, -0.1) is 0 Å². The molecule has 0 aliphatic carbocycles. The van der Waals surface area contributed by atoms with E-state index in [1.54, 1.807) is 0 Å². The minimum absolute atomic E-state index is 0.354. The summed E-state index contributed by atoms with van der Waals surface area (Å²) in [5, 5.41) is 15.4. The first-order valence-corrected chi connectivity index (χ1v) is 4.22. The molecule has 0 unspecified atom stereocenters. The lowest BCUT2D eigenvalue weighted by Crippen LogP contribution is -1.99. The maximum Gasteiger partial charge on any atom is 0.254 e. The monoisotopic (exact) mass is 234 g/mol. The summed E-state index contributed by atoms with van der Waals surface area (Å²) in [6.07, 6.45) is 0. The van der Waals surface area contributed by atoms with Gasteiger partial charge >= 0.3 is 0 Å². The van der Waals surface area contributed by atoms with Crippen molar-refractivity contribution in [1.29, 1.82) is 0 Å². The van der Waals surface area contributed by atoms with Gasteiger partial charge in [0.1, 0.15) is 5.71 Å². The third kappa shape index (κ3) is 1.76. The summed E-state index contributed by atoms with van der Waals surface area (Å²) in [7, 11) is 1.48. The van der Waals surface area contributed by atoms with Crippen molar-refractivity contribution in [3.8, 4) is 5.88 Å². The number of aromatic nitrogens is 1. The highest BCUT2D eigenvalue weighted by Crippen LogP contribution is 2.12. The lowest BCUT2D eigenvalue weighted by molar-refractivity contribution is 0.313. The van der Waals surface area contributed by atoms with E-state index < -0.39 is 0 Å². The molecular weight excluding hydrogens is 228 g/mol. The zero-order chi connectivity index (χ0) is 8.97. The average Bonchev–Trinajstić information content (AvgIpc) is 2.55. The van der Waals surface area contributed by atoms with Crippen LogP contribution in [0.1, 0.15) is 5.76 Å². The van der Waals surface area contributed by atoms with Crippen molar-refractivity contribution in [2.24, 2.45) is 5.16 Å². The molecule has 0 spiro atoms. The number of hydrogen-bond acceptors (Lipinski definition) is 5. The zero-order valence-electron chi connectivity index (χ0n) is 6.32. The van der Waals surface area contributed by atoms with E-state index in [0.29, 0.717) is 22.7 Å². The molecule has 5 nitrogen and oxygen atoms in total. The number of halogens is 1. The van der Waals surface area contributed by atoms with Crippen LogP contribution in [0.2, 0.25) is 0 Å². The van der Waals surface area contributed by atoms with Crippen LogP contribution >= 0.6 is 15.9 Å². The molecule has 0 radical (unpaired) electrons. The molecule has 0 saturated heterocycles. The lowest BCUT2D eigenvalue weighted by atomic mass is 10.3. The third-order valence-electron chi connectivity index (χ3n) is 1.23. The maximum absolute atomic E-state index is 8.49. The van der Waals surface area contributed by atoms with E-state index in [2.05, 4.69) is 26.2 Å². The quantitative estimate of drug-likeness (QED) is 0.370. The van der Waals surface area contributed by atoms with Gasteiger partial charge < -0.3 is 14.5 Å². The van der Waals surface area contributed by atoms with Crippen molar-refractivity contribution in [2.45, 2.75) is 0 Å². The third-order valence-corrected chi connectivity index (χ3v) is 1.76. The Labute approximate surface area is 77.1 Å². The van der Waals surface area contributed by atoms with Crippen molar-refractivity contribution in [3.05, 3.63) is 11.8 Å². The molecule has 12 heavy (non-hydrogen) atoms. The van der Waals surface area contributed by atoms with Crippen LogP contribution < -0.4 is 4.74 Å². The Hall–Kier alpha value is -1.04. The van der Waals surface area contributed by atoms with E-state index in [1.807, 2.05) is 0 Å². The highest BCUT2D eigenvalue weighted by Gasteiger charge is 2.10. The van der Waals surface area contributed by atoms with Crippen molar-refractivity contribution in [3.63, 3.8) is 0 Å². The Morgan fingerprint density at radius 3 is 3.08 bits per heavy atom. The van der Waals surface area contributed by atoms with Crippen molar-refractivity contribution in [2.75, 3.05) is 12.4 Å². The van der Waals surface area contributed by atoms with Gasteiger partial charge in [0.05, 0.1) is 18.5 Å². The summed E-state index contributed by atoms with van der Waals surface area (Å²) >= 11 is 3.12. The molecule has 6 heteroatoms. The number of ether oxygens (including phenoxy) is 1. The topological polar surface area (TPSA) is 67.8 Å². The van der Waals surface area contributed by atoms with Crippen LogP contribution in [0, 0.1) is 0 Å². The molecule has 0 bridgehead atoms. The van der Waals surface area contributed by atoms with Crippen LogP contribution in [-0.4, -0.2) is 28.5 Å².